The van der Waals surface area contributed by atoms with Crippen molar-refractivity contribution in [2.75, 3.05) is 4.90 Å². The lowest BCUT2D eigenvalue weighted by atomic mass is 9.96. The van der Waals surface area contributed by atoms with E-state index in [2.05, 4.69) is 4.98 Å². The molecular formula is C22H14ClN3O5. The van der Waals surface area contributed by atoms with Crippen molar-refractivity contribution >= 4 is 40.4 Å². The van der Waals surface area contributed by atoms with E-state index in [1.54, 1.807) is 30.3 Å². The van der Waals surface area contributed by atoms with E-state index < -0.39 is 28.4 Å². The Bertz CT molecular complexity index is 1240. The molecule has 1 unspecified atom stereocenters. The first-order chi connectivity index (χ1) is 14.9. The summed E-state index contributed by atoms with van der Waals surface area (Å²) < 4.78 is 0. The Morgan fingerprint density at radius 2 is 1.87 bits per heavy atom. The summed E-state index contributed by atoms with van der Waals surface area (Å²) in [5.74, 6) is -2.29. The summed E-state index contributed by atoms with van der Waals surface area (Å²) in [6.07, 6.45) is 3.02. The average molecular weight is 436 g/mol. The Kier molecular flexibility index (Phi) is 5.22. The lowest BCUT2D eigenvalue weighted by molar-refractivity contribution is -0.384. The first-order valence-corrected chi connectivity index (χ1v) is 9.47. The Labute approximate surface area is 181 Å². The molecule has 1 amide bonds. The van der Waals surface area contributed by atoms with Crippen molar-refractivity contribution in [3.8, 4) is 0 Å². The van der Waals surface area contributed by atoms with Crippen LogP contribution in [0.1, 0.15) is 17.2 Å². The third kappa shape index (κ3) is 3.64. The number of aliphatic hydroxyl groups excluding tert-OH is 1. The van der Waals surface area contributed by atoms with E-state index >= 15 is 0 Å². The number of anilines is 1. The Hall–Kier alpha value is -4.04. The number of nitro groups is 1. The summed E-state index contributed by atoms with van der Waals surface area (Å²) in [6.45, 7) is 0. The second kappa shape index (κ2) is 8.00. The first kappa shape index (κ1) is 20.2. The molecule has 0 saturated carbocycles. The minimum atomic E-state index is -0.994. The van der Waals surface area contributed by atoms with Crippen molar-refractivity contribution in [3.63, 3.8) is 0 Å². The number of aromatic nitrogens is 1. The maximum absolute atomic E-state index is 13.0. The number of carbonyl (C=O) groups excluding carboxylic acids is 2. The highest BCUT2D eigenvalue weighted by Crippen LogP contribution is 2.42. The minimum absolute atomic E-state index is 0.0483. The van der Waals surface area contributed by atoms with Crippen LogP contribution in [0.15, 0.2) is 78.6 Å². The van der Waals surface area contributed by atoms with Crippen LogP contribution in [0.3, 0.4) is 0 Å². The fourth-order valence-electron chi connectivity index (χ4n) is 3.50. The molecule has 4 rings (SSSR count). The van der Waals surface area contributed by atoms with Crippen LogP contribution >= 0.6 is 11.6 Å². The van der Waals surface area contributed by atoms with E-state index in [0.29, 0.717) is 16.3 Å². The molecule has 1 aliphatic rings. The summed E-state index contributed by atoms with van der Waals surface area (Å²) in [7, 11) is 0. The van der Waals surface area contributed by atoms with Crippen molar-refractivity contribution in [2.24, 2.45) is 0 Å². The predicted octanol–water partition coefficient (Wildman–Crippen LogP) is 4.27. The van der Waals surface area contributed by atoms with E-state index in [9.17, 15) is 24.8 Å². The fourth-order valence-corrected chi connectivity index (χ4v) is 3.68. The number of aliphatic hydroxyl groups is 1. The minimum Gasteiger partial charge on any atom is -0.507 e. The highest BCUT2D eigenvalue weighted by molar-refractivity contribution is 6.51. The van der Waals surface area contributed by atoms with Crippen LogP contribution in [-0.2, 0) is 9.59 Å². The molecule has 3 aromatic rings. The molecule has 1 fully saturated rings. The zero-order chi connectivity index (χ0) is 22.1. The van der Waals surface area contributed by atoms with Crippen molar-refractivity contribution < 1.29 is 19.6 Å². The number of carbonyl (C=O) groups is 2. The molecule has 0 radical (unpaired) electrons. The lowest BCUT2D eigenvalue weighted by Gasteiger charge is -2.25. The van der Waals surface area contributed by atoms with Crippen LogP contribution in [0, 0.1) is 10.1 Å². The molecule has 2 heterocycles. The van der Waals surface area contributed by atoms with Crippen molar-refractivity contribution in [3.05, 3.63) is 105 Å². The molecule has 1 atom stereocenters. The highest BCUT2D eigenvalue weighted by atomic mass is 35.5. The van der Waals surface area contributed by atoms with Gasteiger partial charge in [0.2, 0.25) is 0 Å². The standard InChI is InChI=1S/C22H14ClN3O5/c23-15-6-2-7-16(11-15)25-19(14-5-3-9-24-12-14)18(21(28)22(25)29)20(27)13-4-1-8-17(10-13)26(30)31/h1-12,19,27H/b20-18-. The molecule has 1 aromatic heterocycles. The van der Waals surface area contributed by atoms with Gasteiger partial charge < -0.3 is 5.11 Å². The molecule has 8 nitrogen and oxygen atoms in total. The monoisotopic (exact) mass is 435 g/mol. The fraction of sp³-hybridized carbons (Fsp3) is 0.0455. The number of pyridine rings is 1. The topological polar surface area (TPSA) is 114 Å². The van der Waals surface area contributed by atoms with Gasteiger partial charge in [0.25, 0.3) is 17.4 Å². The third-order valence-electron chi connectivity index (χ3n) is 4.86. The molecular weight excluding hydrogens is 422 g/mol. The van der Waals surface area contributed by atoms with E-state index in [1.807, 2.05) is 0 Å². The number of nitro benzene ring substituents is 1. The second-order valence-electron chi connectivity index (χ2n) is 6.74. The number of ketones is 1. The van der Waals surface area contributed by atoms with Gasteiger partial charge in [0.05, 0.1) is 16.5 Å². The van der Waals surface area contributed by atoms with E-state index in [1.165, 1.54) is 41.6 Å². The largest absolute Gasteiger partial charge is 0.507 e. The number of nitrogens with zero attached hydrogens (tertiary/aromatic N) is 3. The number of hydrogen-bond donors (Lipinski definition) is 1. The van der Waals surface area contributed by atoms with Gasteiger partial charge in [0.15, 0.2) is 0 Å². The zero-order valence-corrected chi connectivity index (χ0v) is 16.6. The highest BCUT2D eigenvalue weighted by Gasteiger charge is 2.47. The van der Waals surface area contributed by atoms with Crippen LogP contribution in [0.25, 0.3) is 5.76 Å². The van der Waals surface area contributed by atoms with Gasteiger partial charge in [0.1, 0.15) is 5.76 Å². The van der Waals surface area contributed by atoms with Gasteiger partial charge in [-0.1, -0.05) is 35.9 Å². The molecule has 0 bridgehead atoms. The van der Waals surface area contributed by atoms with Crippen LogP contribution in [0.4, 0.5) is 11.4 Å². The van der Waals surface area contributed by atoms with Crippen LogP contribution in [0.5, 0.6) is 0 Å². The molecule has 31 heavy (non-hydrogen) atoms. The lowest BCUT2D eigenvalue weighted by Crippen LogP contribution is -2.29. The van der Waals surface area contributed by atoms with Gasteiger partial charge in [0, 0.05) is 40.8 Å². The molecule has 0 spiro atoms. The number of halogens is 1. The number of non-ortho nitro benzene ring substituents is 1. The van der Waals surface area contributed by atoms with Crippen molar-refractivity contribution in [2.45, 2.75) is 6.04 Å². The zero-order valence-electron chi connectivity index (χ0n) is 15.8. The van der Waals surface area contributed by atoms with E-state index in [0.717, 1.165) is 6.07 Å². The van der Waals surface area contributed by atoms with Gasteiger partial charge in [-0.05, 0) is 29.8 Å². The van der Waals surface area contributed by atoms with E-state index in [4.69, 9.17) is 11.6 Å². The quantitative estimate of drug-likeness (QED) is 0.215. The SMILES string of the molecule is O=C1C(=O)N(c2cccc(Cl)c2)C(c2cccnc2)/C1=C(/O)c1cccc([N+](=O)[O-])c1. The normalized spacial score (nSPS) is 17.7. The van der Waals surface area contributed by atoms with Crippen molar-refractivity contribution in [1.82, 2.24) is 4.98 Å². The molecule has 2 aromatic carbocycles. The summed E-state index contributed by atoms with van der Waals surface area (Å²) in [6, 6.07) is 13.9. The van der Waals surface area contributed by atoms with Gasteiger partial charge in [-0.2, -0.15) is 0 Å². The summed E-state index contributed by atoms with van der Waals surface area (Å²) in [5.41, 5.74) is 0.437. The van der Waals surface area contributed by atoms with Crippen molar-refractivity contribution in [1.29, 1.82) is 0 Å². The van der Waals surface area contributed by atoms with Gasteiger partial charge in [-0.3, -0.25) is 29.6 Å². The van der Waals surface area contributed by atoms with Gasteiger partial charge >= 0.3 is 0 Å². The number of benzene rings is 2. The number of hydrogen-bond acceptors (Lipinski definition) is 6. The van der Waals surface area contributed by atoms with E-state index in [-0.39, 0.29) is 16.8 Å². The van der Waals surface area contributed by atoms with Crippen LogP contribution < -0.4 is 4.90 Å². The number of Topliss-reactive ketones (excluding diaryl/α,β-unsaturated/α-hetero) is 1. The summed E-state index contributed by atoms with van der Waals surface area (Å²) >= 11 is 6.08. The molecule has 154 valence electrons. The first-order valence-electron chi connectivity index (χ1n) is 9.10. The summed E-state index contributed by atoms with van der Waals surface area (Å²) in [5, 5.41) is 22.5. The smallest absolute Gasteiger partial charge is 0.300 e. The average Bonchev–Trinajstić information content (AvgIpc) is 3.04. The second-order valence-corrected chi connectivity index (χ2v) is 7.18. The molecule has 1 aliphatic heterocycles. The predicted molar refractivity (Wildman–Crippen MR) is 114 cm³/mol. The molecule has 9 heteroatoms. The Morgan fingerprint density at radius 3 is 2.55 bits per heavy atom. The molecule has 1 saturated heterocycles. The Balaban J connectivity index is 1.95. The maximum Gasteiger partial charge on any atom is 0.300 e. The number of rotatable bonds is 4. The maximum atomic E-state index is 13.0. The van der Waals surface area contributed by atoms with Gasteiger partial charge in [-0.25, -0.2) is 0 Å². The number of amides is 1. The van der Waals surface area contributed by atoms with Gasteiger partial charge in [-0.15, -0.1) is 0 Å². The van der Waals surface area contributed by atoms with Crippen LogP contribution in [-0.4, -0.2) is 26.7 Å². The third-order valence-corrected chi connectivity index (χ3v) is 5.10. The summed E-state index contributed by atoms with van der Waals surface area (Å²) in [4.78, 5) is 41.8. The molecule has 1 N–H and O–H groups in total. The Morgan fingerprint density at radius 1 is 1.10 bits per heavy atom. The van der Waals surface area contributed by atoms with Crippen LogP contribution in [0.2, 0.25) is 5.02 Å². The molecule has 0 aliphatic carbocycles.